The molecule has 3 heterocycles. The molecule has 1 fully saturated rings. The van der Waals surface area contributed by atoms with Gasteiger partial charge in [-0.1, -0.05) is 54.9 Å². The van der Waals surface area contributed by atoms with Crippen LogP contribution in [0.2, 0.25) is 0 Å². The van der Waals surface area contributed by atoms with E-state index >= 15 is 4.39 Å². The Hall–Kier alpha value is -4.42. The number of nitrogens with one attached hydrogen (secondary N) is 1. The third-order valence-corrected chi connectivity index (χ3v) is 8.32. The van der Waals surface area contributed by atoms with E-state index in [1.807, 2.05) is 13.0 Å². The zero-order valence-corrected chi connectivity index (χ0v) is 25.6. The zero-order valence-electron chi connectivity index (χ0n) is 25.6. The first-order valence-electron chi connectivity index (χ1n) is 15.4. The number of aromatic amines is 1. The minimum Gasteiger partial charge on any atom is -0.388 e. The number of aromatic nitrogens is 6. The maximum atomic E-state index is 15.8. The fraction of sp³-hybridized carbons (Fsp3) is 0.424. The molecule has 5 aromatic rings. The van der Waals surface area contributed by atoms with Crippen LogP contribution in [0.5, 0.6) is 0 Å². The SMILES string of the molecule is CCCc1c(Cc2ccc(-c3ccccc3-c3noc(=O)[nH]3)c(F)c2)c(=O)n([C@H]2CC[C@H](OCC(C)(C)O)CC2)c2ncnn12. The van der Waals surface area contributed by atoms with Gasteiger partial charge in [-0.3, -0.25) is 18.9 Å². The van der Waals surface area contributed by atoms with Crippen LogP contribution < -0.4 is 11.3 Å². The molecule has 2 aromatic carbocycles. The highest BCUT2D eigenvalue weighted by molar-refractivity contribution is 5.80. The second-order valence-corrected chi connectivity index (χ2v) is 12.4. The minimum atomic E-state index is -0.899. The van der Waals surface area contributed by atoms with Gasteiger partial charge in [0.05, 0.1) is 24.0 Å². The number of nitrogens with zero attached hydrogens (tertiary/aromatic N) is 5. The lowest BCUT2D eigenvalue weighted by atomic mass is 9.92. The molecule has 0 aliphatic heterocycles. The van der Waals surface area contributed by atoms with Crippen molar-refractivity contribution in [2.45, 2.75) is 83.5 Å². The maximum Gasteiger partial charge on any atom is 0.439 e. The molecule has 1 aliphatic rings. The van der Waals surface area contributed by atoms with E-state index in [2.05, 4.69) is 24.7 Å². The summed E-state index contributed by atoms with van der Waals surface area (Å²) >= 11 is 0. The average Bonchev–Trinajstić information content (AvgIpc) is 3.68. The van der Waals surface area contributed by atoms with Crippen molar-refractivity contribution in [1.82, 2.24) is 29.3 Å². The quantitative estimate of drug-likeness (QED) is 0.227. The molecule has 0 unspecified atom stereocenters. The predicted molar refractivity (Wildman–Crippen MR) is 166 cm³/mol. The molecular formula is C33H37FN6O5. The first-order valence-corrected chi connectivity index (χ1v) is 15.4. The number of hydrogen-bond donors (Lipinski definition) is 2. The first kappa shape index (κ1) is 30.6. The standard InChI is InChI=1S/C33H37FN6O5/c1-4-7-28-26(16-20-10-15-24(27(34)17-20)23-8-5-6-9-25(23)29-37-32(42)45-38-29)30(41)39(31-35-19-36-40(28)31)21-11-13-22(14-12-21)44-18-33(2,3)43/h5-6,8-10,15,17,19,21-22,43H,4,7,11-14,16,18H2,1-3H3,(H,37,38,42)/t21-,22-. The molecule has 0 spiro atoms. The van der Waals surface area contributed by atoms with E-state index < -0.39 is 17.2 Å². The summed E-state index contributed by atoms with van der Waals surface area (Å²) in [7, 11) is 0. The summed E-state index contributed by atoms with van der Waals surface area (Å²) in [5, 5.41) is 18.3. The molecule has 0 amide bonds. The molecule has 0 bridgehead atoms. The second kappa shape index (κ2) is 12.5. The van der Waals surface area contributed by atoms with Crippen molar-refractivity contribution in [2.75, 3.05) is 6.61 Å². The monoisotopic (exact) mass is 616 g/mol. The van der Waals surface area contributed by atoms with Crippen molar-refractivity contribution in [3.05, 3.63) is 92.3 Å². The van der Waals surface area contributed by atoms with E-state index in [1.165, 1.54) is 12.4 Å². The number of aryl methyl sites for hydroxylation is 1. The highest BCUT2D eigenvalue weighted by Crippen LogP contribution is 2.33. The van der Waals surface area contributed by atoms with Gasteiger partial charge in [-0.15, -0.1) is 0 Å². The van der Waals surface area contributed by atoms with Gasteiger partial charge >= 0.3 is 5.76 Å². The topological polar surface area (TPSA) is 141 Å². The summed E-state index contributed by atoms with van der Waals surface area (Å²) in [6, 6.07) is 11.9. The lowest BCUT2D eigenvalue weighted by molar-refractivity contribution is -0.0654. The summed E-state index contributed by atoms with van der Waals surface area (Å²) in [4.78, 5) is 32.8. The van der Waals surface area contributed by atoms with Crippen molar-refractivity contribution in [2.24, 2.45) is 0 Å². The third-order valence-electron chi connectivity index (χ3n) is 8.32. The highest BCUT2D eigenvalue weighted by Gasteiger charge is 2.29. The van der Waals surface area contributed by atoms with Gasteiger partial charge in [0.15, 0.2) is 5.82 Å². The summed E-state index contributed by atoms with van der Waals surface area (Å²) in [5.74, 6) is -0.435. The van der Waals surface area contributed by atoms with Crippen LogP contribution in [-0.2, 0) is 17.6 Å². The number of halogens is 1. The molecule has 12 heteroatoms. The van der Waals surface area contributed by atoms with Crippen molar-refractivity contribution < 1.29 is 18.8 Å². The van der Waals surface area contributed by atoms with E-state index in [0.717, 1.165) is 37.8 Å². The van der Waals surface area contributed by atoms with Gasteiger partial charge < -0.3 is 9.84 Å². The maximum absolute atomic E-state index is 15.8. The normalized spacial score (nSPS) is 17.3. The van der Waals surface area contributed by atoms with Crippen LogP contribution in [0.25, 0.3) is 28.3 Å². The molecule has 1 aliphatic carbocycles. The van der Waals surface area contributed by atoms with Crippen molar-refractivity contribution >= 4 is 5.78 Å². The largest absolute Gasteiger partial charge is 0.439 e. The lowest BCUT2D eigenvalue weighted by Gasteiger charge is -2.32. The van der Waals surface area contributed by atoms with E-state index in [9.17, 15) is 14.7 Å². The second-order valence-electron chi connectivity index (χ2n) is 12.4. The molecule has 0 radical (unpaired) electrons. The van der Waals surface area contributed by atoms with Gasteiger partial charge in [0.2, 0.25) is 5.78 Å². The molecule has 45 heavy (non-hydrogen) atoms. The molecule has 2 N–H and O–H groups in total. The molecule has 3 aromatic heterocycles. The van der Waals surface area contributed by atoms with Gasteiger partial charge in [-0.2, -0.15) is 10.1 Å². The van der Waals surface area contributed by atoms with Crippen LogP contribution >= 0.6 is 0 Å². The Morgan fingerprint density at radius 2 is 1.84 bits per heavy atom. The van der Waals surface area contributed by atoms with Crippen LogP contribution in [0.4, 0.5) is 4.39 Å². The van der Waals surface area contributed by atoms with Crippen molar-refractivity contribution in [1.29, 1.82) is 0 Å². The Morgan fingerprint density at radius 1 is 1.09 bits per heavy atom. The van der Waals surface area contributed by atoms with E-state index in [4.69, 9.17) is 4.74 Å². The average molecular weight is 617 g/mol. The fourth-order valence-corrected chi connectivity index (χ4v) is 6.23. The first-order chi connectivity index (χ1) is 21.6. The smallest absolute Gasteiger partial charge is 0.388 e. The highest BCUT2D eigenvalue weighted by atomic mass is 19.1. The molecular weight excluding hydrogens is 579 g/mol. The van der Waals surface area contributed by atoms with Crippen molar-refractivity contribution in [3.63, 3.8) is 0 Å². The summed E-state index contributed by atoms with van der Waals surface area (Å²) < 4.78 is 29.9. The molecule has 11 nitrogen and oxygen atoms in total. The number of hydrogen-bond acceptors (Lipinski definition) is 8. The minimum absolute atomic E-state index is 0.0206. The van der Waals surface area contributed by atoms with Crippen LogP contribution in [0.1, 0.15) is 75.7 Å². The van der Waals surface area contributed by atoms with Crippen LogP contribution in [0.15, 0.2) is 62.9 Å². The molecule has 236 valence electrons. The number of H-pyrrole nitrogens is 1. The molecule has 0 saturated heterocycles. The van der Waals surface area contributed by atoms with E-state index in [-0.39, 0.29) is 36.6 Å². The molecule has 6 rings (SSSR count). The number of ether oxygens (including phenoxy) is 1. The summed E-state index contributed by atoms with van der Waals surface area (Å²) in [6.45, 7) is 5.74. The lowest BCUT2D eigenvalue weighted by Crippen LogP contribution is -2.36. The van der Waals surface area contributed by atoms with Gasteiger partial charge in [0, 0.05) is 29.2 Å². The van der Waals surface area contributed by atoms with Gasteiger partial charge in [-0.05, 0) is 63.1 Å². The Balaban J connectivity index is 1.33. The van der Waals surface area contributed by atoms with E-state index in [1.54, 1.807) is 53.3 Å². The van der Waals surface area contributed by atoms with Crippen LogP contribution in [0, 0.1) is 5.82 Å². The summed E-state index contributed by atoms with van der Waals surface area (Å²) in [5.41, 5.74) is 2.37. The summed E-state index contributed by atoms with van der Waals surface area (Å²) in [6.07, 6.45) is 6.11. The number of benzene rings is 2. The molecule has 1 saturated carbocycles. The Kier molecular flexibility index (Phi) is 8.52. The van der Waals surface area contributed by atoms with Crippen LogP contribution in [0.3, 0.4) is 0 Å². The zero-order chi connectivity index (χ0) is 31.7. The van der Waals surface area contributed by atoms with Crippen LogP contribution in [-0.4, -0.2) is 52.7 Å². The van der Waals surface area contributed by atoms with Gasteiger partial charge in [-0.25, -0.2) is 13.7 Å². The third kappa shape index (κ3) is 6.38. The van der Waals surface area contributed by atoms with Gasteiger partial charge in [0.25, 0.3) is 5.56 Å². The van der Waals surface area contributed by atoms with Gasteiger partial charge in [0.1, 0.15) is 12.1 Å². The number of rotatable bonds is 10. The predicted octanol–water partition coefficient (Wildman–Crippen LogP) is 4.85. The Labute approximate surface area is 258 Å². The molecule has 0 atom stereocenters. The fourth-order valence-electron chi connectivity index (χ4n) is 6.23. The Morgan fingerprint density at radius 3 is 2.51 bits per heavy atom. The van der Waals surface area contributed by atoms with Crippen molar-refractivity contribution in [3.8, 4) is 22.5 Å². The number of aliphatic hydroxyl groups is 1. The Bertz CT molecular complexity index is 1930. The van der Waals surface area contributed by atoms with E-state index in [0.29, 0.717) is 40.0 Å². The number of fused-ring (bicyclic) bond motifs is 1.